The molecule has 0 bridgehead atoms. The first-order valence-corrected chi connectivity index (χ1v) is 7.92. The Bertz CT molecular complexity index is 541. The van der Waals surface area contributed by atoms with E-state index < -0.39 is 0 Å². The van der Waals surface area contributed by atoms with Gasteiger partial charge in [0.05, 0.1) is 18.8 Å². The first-order chi connectivity index (χ1) is 9.70. The highest BCUT2D eigenvalue weighted by Crippen LogP contribution is 2.15. The van der Waals surface area contributed by atoms with Crippen molar-refractivity contribution in [1.82, 2.24) is 25.1 Å². The summed E-state index contributed by atoms with van der Waals surface area (Å²) >= 11 is 2.97. The molecule has 0 unspecified atom stereocenters. The summed E-state index contributed by atoms with van der Waals surface area (Å²) in [6, 6.07) is 4.00. The van der Waals surface area contributed by atoms with Crippen LogP contribution in [0.5, 0.6) is 0 Å². The Morgan fingerprint density at radius 3 is 3.15 bits per heavy atom. The lowest BCUT2D eigenvalue weighted by Crippen LogP contribution is -2.27. The van der Waals surface area contributed by atoms with Gasteiger partial charge in [-0.05, 0) is 21.9 Å². The van der Waals surface area contributed by atoms with Crippen LogP contribution in [0.1, 0.15) is 4.88 Å². The van der Waals surface area contributed by atoms with E-state index in [9.17, 15) is 4.79 Å². The SMILES string of the molecule is CN(Cc1cccs1)C(=O)CSc1nnnn1CCN. The number of thiophene rings is 1. The molecule has 0 saturated heterocycles. The van der Waals surface area contributed by atoms with Crippen LogP contribution >= 0.6 is 23.1 Å². The van der Waals surface area contributed by atoms with E-state index in [-0.39, 0.29) is 5.91 Å². The van der Waals surface area contributed by atoms with E-state index in [0.29, 0.717) is 30.5 Å². The van der Waals surface area contributed by atoms with Crippen LogP contribution < -0.4 is 5.73 Å². The maximum atomic E-state index is 12.0. The fourth-order valence-electron chi connectivity index (χ4n) is 1.52. The van der Waals surface area contributed by atoms with Crippen molar-refractivity contribution in [3.63, 3.8) is 0 Å². The van der Waals surface area contributed by atoms with Crippen molar-refractivity contribution < 1.29 is 4.79 Å². The van der Waals surface area contributed by atoms with Crippen LogP contribution in [0.25, 0.3) is 0 Å². The highest BCUT2D eigenvalue weighted by Gasteiger charge is 2.13. The molecule has 0 saturated carbocycles. The molecule has 2 rings (SSSR count). The van der Waals surface area contributed by atoms with Crippen molar-refractivity contribution in [3.05, 3.63) is 22.4 Å². The van der Waals surface area contributed by atoms with E-state index >= 15 is 0 Å². The minimum Gasteiger partial charge on any atom is -0.340 e. The lowest BCUT2D eigenvalue weighted by molar-refractivity contribution is -0.127. The maximum absolute atomic E-state index is 12.0. The second kappa shape index (κ2) is 7.36. The molecule has 108 valence electrons. The van der Waals surface area contributed by atoms with Gasteiger partial charge in [-0.15, -0.1) is 16.4 Å². The maximum Gasteiger partial charge on any atom is 0.233 e. The van der Waals surface area contributed by atoms with Gasteiger partial charge in [-0.25, -0.2) is 4.68 Å². The van der Waals surface area contributed by atoms with E-state index in [1.165, 1.54) is 16.6 Å². The quantitative estimate of drug-likeness (QED) is 0.746. The van der Waals surface area contributed by atoms with Gasteiger partial charge in [0.1, 0.15) is 0 Å². The number of nitrogens with zero attached hydrogens (tertiary/aromatic N) is 5. The van der Waals surface area contributed by atoms with Gasteiger partial charge in [-0.1, -0.05) is 17.8 Å². The Morgan fingerprint density at radius 1 is 1.60 bits per heavy atom. The first kappa shape index (κ1) is 14.9. The van der Waals surface area contributed by atoms with E-state index in [4.69, 9.17) is 5.73 Å². The summed E-state index contributed by atoms with van der Waals surface area (Å²) < 4.78 is 1.61. The largest absolute Gasteiger partial charge is 0.340 e. The zero-order valence-electron chi connectivity index (χ0n) is 11.1. The molecule has 2 heterocycles. The van der Waals surface area contributed by atoms with Gasteiger partial charge in [0, 0.05) is 18.5 Å². The molecule has 0 radical (unpaired) electrons. The van der Waals surface area contributed by atoms with Crippen LogP contribution in [0, 0.1) is 0 Å². The van der Waals surface area contributed by atoms with Crippen molar-refractivity contribution in [3.8, 4) is 0 Å². The average Bonchev–Trinajstić information content (AvgIpc) is 3.08. The number of nitrogens with two attached hydrogens (primary N) is 1. The minimum absolute atomic E-state index is 0.0469. The number of carbonyl (C=O) groups excluding carboxylic acids is 1. The monoisotopic (exact) mass is 312 g/mol. The van der Waals surface area contributed by atoms with Crippen LogP contribution in [0.4, 0.5) is 0 Å². The highest BCUT2D eigenvalue weighted by atomic mass is 32.2. The van der Waals surface area contributed by atoms with Crippen LogP contribution in [0.2, 0.25) is 0 Å². The average molecular weight is 312 g/mol. The van der Waals surface area contributed by atoms with Gasteiger partial charge in [-0.3, -0.25) is 4.79 Å². The molecule has 0 aromatic carbocycles. The fraction of sp³-hybridized carbons (Fsp3) is 0.455. The number of amides is 1. The van der Waals surface area contributed by atoms with E-state index in [2.05, 4.69) is 15.5 Å². The fourth-order valence-corrected chi connectivity index (χ4v) is 3.12. The summed E-state index contributed by atoms with van der Waals surface area (Å²) in [6.07, 6.45) is 0. The topological polar surface area (TPSA) is 89.9 Å². The molecule has 2 aromatic rings. The number of aromatic nitrogens is 4. The third-order valence-electron chi connectivity index (χ3n) is 2.56. The summed E-state index contributed by atoms with van der Waals surface area (Å²) in [5, 5.41) is 13.9. The van der Waals surface area contributed by atoms with E-state index in [0.717, 1.165) is 0 Å². The molecular weight excluding hydrogens is 296 g/mol. The number of thioether (sulfide) groups is 1. The summed E-state index contributed by atoms with van der Waals surface area (Å²) in [5.41, 5.74) is 5.47. The molecule has 0 fully saturated rings. The van der Waals surface area contributed by atoms with Gasteiger partial charge in [0.25, 0.3) is 0 Å². The summed E-state index contributed by atoms with van der Waals surface area (Å²) in [7, 11) is 1.80. The number of tetrazole rings is 1. The molecule has 0 atom stereocenters. The molecular formula is C11H16N6OS2. The molecule has 1 amide bonds. The molecule has 0 aliphatic carbocycles. The lowest BCUT2D eigenvalue weighted by Gasteiger charge is -2.15. The number of carbonyl (C=O) groups is 1. The second-order valence-corrected chi connectivity index (χ2v) is 6.07. The van der Waals surface area contributed by atoms with Gasteiger partial charge in [-0.2, -0.15) is 0 Å². The predicted molar refractivity (Wildman–Crippen MR) is 78.4 cm³/mol. The molecule has 7 nitrogen and oxygen atoms in total. The van der Waals surface area contributed by atoms with Crippen LogP contribution in [0.3, 0.4) is 0 Å². The zero-order chi connectivity index (χ0) is 14.4. The third kappa shape index (κ3) is 4.02. The van der Waals surface area contributed by atoms with Crippen molar-refractivity contribution in [2.75, 3.05) is 19.3 Å². The third-order valence-corrected chi connectivity index (χ3v) is 4.37. The summed E-state index contributed by atoms with van der Waals surface area (Å²) in [5.74, 6) is 0.359. The Balaban J connectivity index is 1.83. The van der Waals surface area contributed by atoms with Crippen LogP contribution in [0.15, 0.2) is 22.7 Å². The molecule has 0 aliphatic rings. The Hall–Kier alpha value is -1.45. The number of rotatable bonds is 7. The van der Waals surface area contributed by atoms with Gasteiger partial charge < -0.3 is 10.6 Å². The standard InChI is InChI=1S/C11H16N6OS2/c1-16(7-9-3-2-6-19-9)10(18)8-20-11-13-14-15-17(11)5-4-12/h2-3,6H,4-5,7-8,12H2,1H3. The molecule has 2 aromatic heterocycles. The Kier molecular flexibility index (Phi) is 5.50. The van der Waals surface area contributed by atoms with Gasteiger partial charge >= 0.3 is 0 Å². The van der Waals surface area contributed by atoms with Gasteiger partial charge in [0.2, 0.25) is 11.1 Å². The van der Waals surface area contributed by atoms with Crippen molar-refractivity contribution in [2.24, 2.45) is 5.73 Å². The van der Waals surface area contributed by atoms with Crippen LogP contribution in [-0.2, 0) is 17.9 Å². The summed E-state index contributed by atoms with van der Waals surface area (Å²) in [4.78, 5) is 14.9. The van der Waals surface area contributed by atoms with E-state index in [1.807, 2.05) is 17.5 Å². The first-order valence-electron chi connectivity index (χ1n) is 6.06. The smallest absolute Gasteiger partial charge is 0.233 e. The van der Waals surface area contributed by atoms with Crippen molar-refractivity contribution in [2.45, 2.75) is 18.2 Å². The van der Waals surface area contributed by atoms with Crippen LogP contribution in [-0.4, -0.2) is 50.4 Å². The second-order valence-electron chi connectivity index (χ2n) is 4.09. The molecule has 0 spiro atoms. The Labute approximate surface area is 125 Å². The lowest BCUT2D eigenvalue weighted by atomic mass is 10.4. The minimum atomic E-state index is 0.0469. The molecule has 9 heteroatoms. The summed E-state index contributed by atoms with van der Waals surface area (Å²) in [6.45, 7) is 1.64. The predicted octanol–water partition coefficient (Wildman–Crippen LogP) is 0.444. The zero-order valence-corrected chi connectivity index (χ0v) is 12.7. The van der Waals surface area contributed by atoms with E-state index in [1.54, 1.807) is 28.0 Å². The van der Waals surface area contributed by atoms with Crippen molar-refractivity contribution in [1.29, 1.82) is 0 Å². The normalized spacial score (nSPS) is 10.7. The molecule has 20 heavy (non-hydrogen) atoms. The Morgan fingerprint density at radius 2 is 2.45 bits per heavy atom. The van der Waals surface area contributed by atoms with Gasteiger partial charge in [0.15, 0.2) is 0 Å². The molecule has 2 N–H and O–H groups in total. The number of hydrogen-bond donors (Lipinski definition) is 1. The highest BCUT2D eigenvalue weighted by molar-refractivity contribution is 7.99. The number of hydrogen-bond acceptors (Lipinski definition) is 7. The molecule has 0 aliphatic heterocycles. The van der Waals surface area contributed by atoms with Crippen molar-refractivity contribution >= 4 is 29.0 Å².